The summed E-state index contributed by atoms with van der Waals surface area (Å²) in [7, 11) is -2.78. The molecular weight excluding hydrogens is 508 g/mol. The summed E-state index contributed by atoms with van der Waals surface area (Å²) in [6.45, 7) is 2.33. The van der Waals surface area contributed by atoms with Crippen molar-refractivity contribution in [1.29, 1.82) is 0 Å². The first-order chi connectivity index (χ1) is 16.9. The van der Waals surface area contributed by atoms with Crippen LogP contribution >= 0.6 is 33.5 Å². The summed E-state index contributed by atoms with van der Waals surface area (Å²) in [6, 6.07) is 9.57. The van der Waals surface area contributed by atoms with E-state index < -0.39 is 10.6 Å². The Kier molecular flexibility index (Phi) is 5.89. The second kappa shape index (κ2) is 8.94. The van der Waals surface area contributed by atoms with Gasteiger partial charge in [-0.25, -0.2) is 9.97 Å². The third kappa shape index (κ3) is 4.49. The molecule has 11 heteroatoms. The number of likely N-dealkylation sites (tertiary alicyclic amines) is 1. The summed E-state index contributed by atoms with van der Waals surface area (Å²) in [4.78, 5) is 26.8. The first-order valence-electron chi connectivity index (χ1n) is 11.6. The SMILES string of the molecule is O=C(COc1ccc2c(c1)N(c1nc(-c3ccc(Cl)s3)nc3c1CS(O)(O)C3)CC2)N1CCCC1. The number of halogens is 1. The molecule has 3 aliphatic rings. The van der Waals surface area contributed by atoms with Crippen molar-refractivity contribution in [2.24, 2.45) is 0 Å². The molecule has 1 fully saturated rings. The summed E-state index contributed by atoms with van der Waals surface area (Å²) < 4.78 is 27.5. The molecule has 35 heavy (non-hydrogen) atoms. The minimum absolute atomic E-state index is 0.0120. The molecule has 2 N–H and O–H groups in total. The molecule has 0 saturated carbocycles. The lowest BCUT2D eigenvalue weighted by atomic mass is 10.1. The molecule has 0 aliphatic carbocycles. The molecule has 184 valence electrons. The van der Waals surface area contributed by atoms with Crippen molar-refractivity contribution in [2.75, 3.05) is 31.1 Å². The molecule has 1 amide bonds. The molecule has 0 bridgehead atoms. The third-order valence-corrected chi connectivity index (χ3v) is 9.35. The van der Waals surface area contributed by atoms with E-state index in [9.17, 15) is 13.9 Å². The van der Waals surface area contributed by atoms with Gasteiger partial charge < -0.3 is 14.5 Å². The van der Waals surface area contributed by atoms with E-state index in [1.165, 1.54) is 11.3 Å². The fourth-order valence-corrected chi connectivity index (χ4v) is 7.44. The lowest BCUT2D eigenvalue weighted by Gasteiger charge is -2.26. The van der Waals surface area contributed by atoms with Crippen LogP contribution in [0.25, 0.3) is 10.7 Å². The zero-order valence-corrected chi connectivity index (χ0v) is 21.3. The average Bonchev–Trinajstić information content (AvgIpc) is 3.61. The largest absolute Gasteiger partial charge is 0.484 e. The zero-order valence-electron chi connectivity index (χ0n) is 18.9. The van der Waals surface area contributed by atoms with Crippen molar-refractivity contribution in [3.05, 3.63) is 51.5 Å². The zero-order chi connectivity index (χ0) is 24.2. The second-order valence-corrected chi connectivity index (χ2v) is 13.0. The molecule has 0 radical (unpaired) electrons. The fraction of sp³-hybridized carbons (Fsp3) is 0.375. The van der Waals surface area contributed by atoms with Crippen molar-refractivity contribution in [2.45, 2.75) is 30.8 Å². The summed E-state index contributed by atoms with van der Waals surface area (Å²) in [5.74, 6) is 2.14. The molecule has 3 aliphatic heterocycles. The van der Waals surface area contributed by atoms with Gasteiger partial charge in [0.25, 0.3) is 5.91 Å². The first-order valence-corrected chi connectivity index (χ1v) is 14.6. The van der Waals surface area contributed by atoms with Crippen molar-refractivity contribution in [1.82, 2.24) is 14.9 Å². The van der Waals surface area contributed by atoms with Crippen molar-refractivity contribution in [3.8, 4) is 16.5 Å². The van der Waals surface area contributed by atoms with Crippen LogP contribution in [0.3, 0.4) is 0 Å². The molecule has 0 spiro atoms. The van der Waals surface area contributed by atoms with Gasteiger partial charge in [-0.3, -0.25) is 13.9 Å². The van der Waals surface area contributed by atoms with Crippen LogP contribution in [-0.2, 0) is 22.7 Å². The lowest BCUT2D eigenvalue weighted by molar-refractivity contribution is -0.132. The highest BCUT2D eigenvalue weighted by atomic mass is 35.5. The molecule has 8 nitrogen and oxygen atoms in total. The van der Waals surface area contributed by atoms with Crippen LogP contribution in [0.2, 0.25) is 4.34 Å². The highest BCUT2D eigenvalue weighted by Gasteiger charge is 2.34. The molecule has 0 unspecified atom stereocenters. The number of ether oxygens (including phenoxy) is 1. The first kappa shape index (κ1) is 23.1. The van der Waals surface area contributed by atoms with E-state index in [0.717, 1.165) is 54.0 Å². The predicted octanol–water partition coefficient (Wildman–Crippen LogP) is 5.32. The third-order valence-electron chi connectivity index (χ3n) is 6.64. The number of hydrogen-bond donors (Lipinski definition) is 2. The molecule has 3 aromatic rings. The van der Waals surface area contributed by atoms with Crippen LogP contribution in [0, 0.1) is 0 Å². The van der Waals surface area contributed by atoms with E-state index in [4.69, 9.17) is 21.3 Å². The number of fused-ring (bicyclic) bond motifs is 2. The minimum Gasteiger partial charge on any atom is -0.484 e. The van der Waals surface area contributed by atoms with Crippen LogP contribution < -0.4 is 9.64 Å². The highest BCUT2D eigenvalue weighted by molar-refractivity contribution is 8.23. The average molecular weight is 533 g/mol. The smallest absolute Gasteiger partial charge is 0.260 e. The van der Waals surface area contributed by atoms with Crippen LogP contribution in [0.1, 0.15) is 29.7 Å². The Labute approximate surface area is 213 Å². The molecule has 1 saturated heterocycles. The maximum atomic E-state index is 12.4. The van der Waals surface area contributed by atoms with Crippen molar-refractivity contribution in [3.63, 3.8) is 0 Å². The number of rotatable bonds is 5. The predicted molar refractivity (Wildman–Crippen MR) is 139 cm³/mol. The number of carbonyl (C=O) groups excluding carboxylic acids is 1. The number of nitrogens with zero attached hydrogens (tertiary/aromatic N) is 4. The van der Waals surface area contributed by atoms with Gasteiger partial charge in [-0.15, -0.1) is 11.3 Å². The standard InChI is InChI=1S/C24H25ClN4O4S2/c25-21-6-5-20(34-21)23-26-18-14-35(31,32)13-17(18)24(27-23)29-10-7-15-3-4-16(11-19(15)29)33-12-22(30)28-8-1-2-9-28/h3-6,11,31-32H,1-2,7-10,12-14H2. The van der Waals surface area contributed by atoms with E-state index in [1.807, 2.05) is 35.2 Å². The Balaban J connectivity index is 1.33. The Bertz CT molecular complexity index is 1310. The molecule has 0 atom stereocenters. The number of hydrogen-bond acceptors (Lipinski definition) is 8. The number of aromatic nitrogens is 2. The minimum atomic E-state index is -2.78. The number of anilines is 2. The maximum absolute atomic E-state index is 12.4. The lowest BCUT2D eigenvalue weighted by Crippen LogP contribution is -2.32. The quantitative estimate of drug-likeness (QED) is 0.459. The molecule has 6 rings (SSSR count). The van der Waals surface area contributed by atoms with Gasteiger partial charge in [0.2, 0.25) is 0 Å². The van der Waals surface area contributed by atoms with E-state index in [2.05, 4.69) is 9.88 Å². The maximum Gasteiger partial charge on any atom is 0.260 e. The Morgan fingerprint density at radius 1 is 1.11 bits per heavy atom. The fourth-order valence-electron chi connectivity index (χ4n) is 4.93. The molecular formula is C24H25ClN4O4S2. The van der Waals surface area contributed by atoms with Gasteiger partial charge in [0.05, 0.1) is 26.4 Å². The van der Waals surface area contributed by atoms with E-state index in [0.29, 0.717) is 34.0 Å². The number of amides is 1. The second-order valence-electron chi connectivity index (χ2n) is 9.06. The van der Waals surface area contributed by atoms with Gasteiger partial charge in [0.15, 0.2) is 12.4 Å². The van der Waals surface area contributed by atoms with Crippen LogP contribution in [0.5, 0.6) is 5.75 Å². The number of benzene rings is 1. The molecule has 2 aromatic heterocycles. The van der Waals surface area contributed by atoms with E-state index in [-0.39, 0.29) is 24.0 Å². The van der Waals surface area contributed by atoms with Gasteiger partial charge in [0.1, 0.15) is 11.6 Å². The molecule has 5 heterocycles. The Hall–Kier alpha value is -2.37. The highest BCUT2D eigenvalue weighted by Crippen LogP contribution is 2.55. The van der Waals surface area contributed by atoms with Crippen molar-refractivity contribution >= 4 is 50.9 Å². The van der Waals surface area contributed by atoms with E-state index in [1.54, 1.807) is 0 Å². The van der Waals surface area contributed by atoms with Crippen LogP contribution in [0.15, 0.2) is 30.3 Å². The summed E-state index contributed by atoms with van der Waals surface area (Å²) in [5.41, 5.74) is 3.56. The normalized spacial score (nSPS) is 19.1. The summed E-state index contributed by atoms with van der Waals surface area (Å²) in [5, 5.41) is 0. The van der Waals surface area contributed by atoms with Crippen LogP contribution in [0.4, 0.5) is 11.5 Å². The molecule has 1 aromatic carbocycles. The van der Waals surface area contributed by atoms with Gasteiger partial charge in [0, 0.05) is 37.0 Å². The van der Waals surface area contributed by atoms with Gasteiger partial charge in [-0.05, 0) is 43.0 Å². The van der Waals surface area contributed by atoms with Gasteiger partial charge >= 0.3 is 0 Å². The monoisotopic (exact) mass is 532 g/mol. The topological polar surface area (TPSA) is 99.0 Å². The summed E-state index contributed by atoms with van der Waals surface area (Å²) in [6.07, 6.45) is 2.93. The van der Waals surface area contributed by atoms with Crippen molar-refractivity contribution < 1.29 is 18.6 Å². The van der Waals surface area contributed by atoms with Crippen LogP contribution in [-0.4, -0.2) is 56.1 Å². The van der Waals surface area contributed by atoms with Gasteiger partial charge in [-0.2, -0.15) is 10.6 Å². The number of thiophene rings is 1. The van der Waals surface area contributed by atoms with E-state index >= 15 is 0 Å². The van der Waals surface area contributed by atoms with Gasteiger partial charge in [-0.1, -0.05) is 17.7 Å². The Morgan fingerprint density at radius 2 is 1.94 bits per heavy atom. The Morgan fingerprint density at radius 3 is 2.71 bits per heavy atom. The number of carbonyl (C=O) groups is 1. The summed E-state index contributed by atoms with van der Waals surface area (Å²) >= 11 is 7.55.